The third kappa shape index (κ3) is 4.94. The van der Waals surface area contributed by atoms with E-state index in [4.69, 9.17) is 11.3 Å². The summed E-state index contributed by atoms with van der Waals surface area (Å²) in [7, 11) is 0. The monoisotopic (exact) mass is 653 g/mol. The first-order chi connectivity index (χ1) is 27.4. The van der Waals surface area contributed by atoms with Gasteiger partial charge in [-0.1, -0.05) is 164 Å². The first-order valence-corrected chi connectivity index (χ1v) is 17.1. The van der Waals surface area contributed by atoms with Crippen LogP contribution >= 0.6 is 0 Å². The van der Waals surface area contributed by atoms with E-state index in [0.29, 0.717) is 5.56 Å². The molecule has 51 heavy (non-hydrogen) atoms. The van der Waals surface area contributed by atoms with Gasteiger partial charge in [0.2, 0.25) is 0 Å². The molecule has 0 radical (unpaired) electrons. The second-order valence-corrected chi connectivity index (χ2v) is 12.9. The third-order valence-electron chi connectivity index (χ3n) is 9.93. The van der Waals surface area contributed by atoms with Crippen LogP contribution in [0.1, 0.15) is 6.85 Å². The smallest absolute Gasteiger partial charge is 0.143 e. The molecule has 0 saturated carbocycles. The van der Waals surface area contributed by atoms with Gasteiger partial charge in [-0.2, -0.15) is 0 Å². The molecular weight excluding hydrogens is 617 g/mol. The highest BCUT2D eigenvalue weighted by atomic mass is 16.3. The largest absolute Gasteiger partial charge is 0.455 e. The van der Waals surface area contributed by atoms with Crippen LogP contribution in [0.2, 0.25) is 0 Å². The fraction of sp³-hybridized carbons (Fsp3) is 0. The first-order valence-electron chi connectivity index (χ1n) is 19.6. The summed E-state index contributed by atoms with van der Waals surface area (Å²) in [5, 5.41) is 5.45. The Bertz CT molecular complexity index is 3100. The van der Waals surface area contributed by atoms with Gasteiger partial charge in [-0.05, 0) is 102 Å². The molecule has 10 aromatic rings. The normalized spacial score (nSPS) is 12.9. The summed E-state index contributed by atoms with van der Waals surface area (Å²) in [5.41, 5.74) is 11.0. The van der Waals surface area contributed by atoms with Crippen LogP contribution < -0.4 is 0 Å². The van der Waals surface area contributed by atoms with Crippen LogP contribution in [0.4, 0.5) is 0 Å². The molecule has 1 heteroatoms. The van der Waals surface area contributed by atoms with Gasteiger partial charge in [0, 0.05) is 16.3 Å². The molecule has 0 saturated heterocycles. The Morgan fingerprint density at radius 3 is 1.51 bits per heavy atom. The van der Waals surface area contributed by atoms with Gasteiger partial charge >= 0.3 is 0 Å². The zero-order chi connectivity index (χ0) is 38.1. The van der Waals surface area contributed by atoms with Crippen molar-refractivity contribution in [1.82, 2.24) is 0 Å². The number of benzene rings is 9. The van der Waals surface area contributed by atoms with E-state index in [-0.39, 0.29) is 29.7 Å². The van der Waals surface area contributed by atoms with Crippen LogP contribution in [-0.4, -0.2) is 0 Å². The second kappa shape index (κ2) is 12.0. The lowest BCUT2D eigenvalue weighted by atomic mass is 9.85. The highest BCUT2D eigenvalue weighted by Gasteiger charge is 2.19. The SMILES string of the molecule is [2H]c1c([2H])c([2H])c(-c2c3ccccc3c(-c3ccc4oc5c(-c6ccccc6)cc(-c6cccc(-c7ccccc7)c6)cc5c4c3)c3ccccc23)c([2H])c1[2H]. The quantitative estimate of drug-likeness (QED) is 0.169. The van der Waals surface area contributed by atoms with E-state index in [0.717, 1.165) is 88.0 Å². The summed E-state index contributed by atoms with van der Waals surface area (Å²) in [6.45, 7) is 0. The molecule has 0 aliphatic rings. The fourth-order valence-corrected chi connectivity index (χ4v) is 7.63. The van der Waals surface area contributed by atoms with Crippen molar-refractivity contribution in [3.8, 4) is 55.6 Å². The summed E-state index contributed by atoms with van der Waals surface area (Å²) in [6, 6.07) is 54.6. The van der Waals surface area contributed by atoms with Crippen molar-refractivity contribution >= 4 is 43.5 Å². The van der Waals surface area contributed by atoms with Crippen molar-refractivity contribution in [2.75, 3.05) is 0 Å². The minimum Gasteiger partial charge on any atom is -0.455 e. The molecular formula is C50H32O. The number of hydrogen-bond donors (Lipinski definition) is 0. The summed E-state index contributed by atoms with van der Waals surface area (Å²) >= 11 is 0. The summed E-state index contributed by atoms with van der Waals surface area (Å²) in [6.07, 6.45) is 0. The van der Waals surface area contributed by atoms with Crippen LogP contribution in [0, 0.1) is 0 Å². The van der Waals surface area contributed by atoms with E-state index in [2.05, 4.69) is 109 Å². The van der Waals surface area contributed by atoms with Crippen LogP contribution in [-0.2, 0) is 0 Å². The van der Waals surface area contributed by atoms with Crippen LogP contribution in [0.5, 0.6) is 0 Å². The summed E-state index contributed by atoms with van der Waals surface area (Å²) in [4.78, 5) is 0. The van der Waals surface area contributed by atoms with E-state index in [1.54, 1.807) is 0 Å². The van der Waals surface area contributed by atoms with Crippen molar-refractivity contribution in [2.24, 2.45) is 0 Å². The van der Waals surface area contributed by atoms with Crippen molar-refractivity contribution in [2.45, 2.75) is 0 Å². The van der Waals surface area contributed by atoms with Crippen LogP contribution in [0.3, 0.4) is 0 Å². The van der Waals surface area contributed by atoms with Gasteiger partial charge < -0.3 is 4.42 Å². The second-order valence-electron chi connectivity index (χ2n) is 12.9. The Labute approximate surface area is 303 Å². The zero-order valence-corrected chi connectivity index (χ0v) is 27.5. The average Bonchev–Trinajstić information content (AvgIpc) is 3.63. The zero-order valence-electron chi connectivity index (χ0n) is 32.5. The van der Waals surface area contributed by atoms with E-state index in [9.17, 15) is 0 Å². The molecule has 0 bridgehead atoms. The molecule has 0 aliphatic heterocycles. The molecule has 0 spiro atoms. The Balaban J connectivity index is 1.25. The molecule has 238 valence electrons. The van der Waals surface area contributed by atoms with Crippen molar-refractivity contribution in [3.63, 3.8) is 0 Å². The number of rotatable bonds is 5. The summed E-state index contributed by atoms with van der Waals surface area (Å²) in [5.74, 6) is 0. The van der Waals surface area contributed by atoms with Crippen molar-refractivity contribution in [3.05, 3.63) is 194 Å². The van der Waals surface area contributed by atoms with Crippen LogP contribution in [0.25, 0.3) is 99.1 Å². The van der Waals surface area contributed by atoms with Crippen molar-refractivity contribution in [1.29, 1.82) is 0 Å². The first kappa shape index (κ1) is 24.4. The minimum atomic E-state index is -0.405. The predicted octanol–water partition coefficient (Wildman–Crippen LogP) is 14.2. The topological polar surface area (TPSA) is 13.1 Å². The fourth-order valence-electron chi connectivity index (χ4n) is 7.63. The van der Waals surface area contributed by atoms with Gasteiger partial charge in [0.25, 0.3) is 0 Å². The summed E-state index contributed by atoms with van der Waals surface area (Å²) < 4.78 is 49.8. The Morgan fingerprint density at radius 2 is 0.863 bits per heavy atom. The molecule has 0 N–H and O–H groups in total. The van der Waals surface area contributed by atoms with Crippen LogP contribution in [0.15, 0.2) is 198 Å². The molecule has 0 atom stereocenters. The van der Waals surface area contributed by atoms with Gasteiger partial charge in [0.1, 0.15) is 11.2 Å². The van der Waals surface area contributed by atoms with E-state index < -0.39 is 6.04 Å². The van der Waals surface area contributed by atoms with E-state index in [1.165, 1.54) is 0 Å². The van der Waals surface area contributed by atoms with Gasteiger partial charge in [-0.15, -0.1) is 0 Å². The molecule has 0 fully saturated rings. The molecule has 0 unspecified atom stereocenters. The van der Waals surface area contributed by atoms with Gasteiger partial charge in [-0.3, -0.25) is 0 Å². The van der Waals surface area contributed by atoms with E-state index >= 15 is 0 Å². The lowest BCUT2D eigenvalue weighted by Gasteiger charge is -2.17. The molecule has 1 aromatic heterocycles. The maximum Gasteiger partial charge on any atom is 0.143 e. The predicted molar refractivity (Wildman–Crippen MR) is 216 cm³/mol. The molecule has 0 aliphatic carbocycles. The molecule has 1 nitrogen and oxygen atoms in total. The van der Waals surface area contributed by atoms with E-state index in [1.807, 2.05) is 54.6 Å². The number of hydrogen-bond acceptors (Lipinski definition) is 1. The molecule has 9 aromatic carbocycles. The van der Waals surface area contributed by atoms with Gasteiger partial charge in [0.05, 0.1) is 6.85 Å². The number of furan rings is 1. The Morgan fingerprint density at radius 1 is 0.333 bits per heavy atom. The highest BCUT2D eigenvalue weighted by molar-refractivity contribution is 6.22. The molecule has 10 rings (SSSR count). The van der Waals surface area contributed by atoms with Gasteiger partial charge in [-0.25, -0.2) is 0 Å². The lowest BCUT2D eigenvalue weighted by molar-refractivity contribution is 0.670. The number of fused-ring (bicyclic) bond motifs is 5. The highest BCUT2D eigenvalue weighted by Crippen LogP contribution is 2.46. The molecule has 0 amide bonds. The van der Waals surface area contributed by atoms with Gasteiger partial charge in [0.15, 0.2) is 0 Å². The maximum absolute atomic E-state index is 8.92. The van der Waals surface area contributed by atoms with Crippen molar-refractivity contribution < 1.29 is 11.3 Å². The third-order valence-corrected chi connectivity index (χ3v) is 9.93. The lowest BCUT2D eigenvalue weighted by Crippen LogP contribution is -1.90. The maximum atomic E-state index is 8.92. The molecule has 1 heterocycles. The average molecular weight is 654 g/mol. The standard InChI is InChI=1S/C50H32O/c1-4-15-33(16-5-1)36-21-14-22-37(29-36)39-31-44(34-17-6-2-7-18-34)50-46(32-39)45-30-38(27-28-47(45)51-50)49-42-25-12-10-23-40(42)48(35-19-8-3-9-20-35)41-24-11-13-26-43(41)49/h1-32H/i3D,8D,9D,19D,20D. The minimum absolute atomic E-state index is 0.198. The Kier molecular flexibility index (Phi) is 5.76. The Hall–Kier alpha value is -6.70.